The predicted octanol–water partition coefficient (Wildman–Crippen LogP) is 3.00. The van der Waals surface area contributed by atoms with Gasteiger partial charge in [0, 0.05) is 18.8 Å². The maximum absolute atomic E-state index is 12.1. The topological polar surface area (TPSA) is 111 Å². The number of carbonyl (C=O) groups excluding carboxylic acids is 1. The van der Waals surface area contributed by atoms with Crippen LogP contribution in [0, 0.1) is 13.8 Å². The lowest BCUT2D eigenvalue weighted by Crippen LogP contribution is -2.24. The third-order valence-corrected chi connectivity index (χ3v) is 5.39. The Kier molecular flexibility index (Phi) is 6.49. The molecule has 1 heterocycles. The molecule has 156 valence electrons. The van der Waals surface area contributed by atoms with Gasteiger partial charge in [-0.05, 0) is 54.3 Å². The molecule has 8 heteroatoms. The maximum Gasteiger partial charge on any atom is 0.238 e. The SMILES string of the molecule is Cc1ccc(C)c(Oc2ccc(CNC(=O)Cc3ccc(S(N)(=O)=O)cc3)cn2)c1. The van der Waals surface area contributed by atoms with Gasteiger partial charge in [0.1, 0.15) is 5.75 Å². The first-order chi connectivity index (χ1) is 14.2. The zero-order chi connectivity index (χ0) is 21.7. The van der Waals surface area contributed by atoms with Crippen LogP contribution >= 0.6 is 0 Å². The van der Waals surface area contributed by atoms with Crippen molar-refractivity contribution < 1.29 is 17.9 Å². The van der Waals surface area contributed by atoms with Gasteiger partial charge >= 0.3 is 0 Å². The number of pyridine rings is 1. The first kappa shape index (κ1) is 21.5. The van der Waals surface area contributed by atoms with E-state index in [9.17, 15) is 13.2 Å². The van der Waals surface area contributed by atoms with Crippen LogP contribution in [0.5, 0.6) is 11.6 Å². The van der Waals surface area contributed by atoms with E-state index in [0.29, 0.717) is 18.0 Å². The normalized spacial score (nSPS) is 11.2. The van der Waals surface area contributed by atoms with Gasteiger partial charge in [-0.1, -0.05) is 30.3 Å². The van der Waals surface area contributed by atoms with Crippen molar-refractivity contribution in [1.29, 1.82) is 0 Å². The molecule has 3 N–H and O–H groups in total. The Morgan fingerprint density at radius 3 is 2.37 bits per heavy atom. The molecule has 7 nitrogen and oxygen atoms in total. The summed E-state index contributed by atoms with van der Waals surface area (Å²) in [4.78, 5) is 16.5. The fourth-order valence-electron chi connectivity index (χ4n) is 2.75. The molecule has 0 atom stereocenters. The number of aryl methyl sites for hydroxylation is 2. The first-order valence-corrected chi connectivity index (χ1v) is 10.8. The third kappa shape index (κ3) is 5.88. The summed E-state index contributed by atoms with van der Waals surface area (Å²) in [5.41, 5.74) is 3.65. The van der Waals surface area contributed by atoms with Crippen molar-refractivity contribution in [1.82, 2.24) is 10.3 Å². The van der Waals surface area contributed by atoms with Crippen LogP contribution in [0.1, 0.15) is 22.3 Å². The zero-order valence-electron chi connectivity index (χ0n) is 16.8. The van der Waals surface area contributed by atoms with E-state index in [4.69, 9.17) is 9.88 Å². The molecule has 0 aliphatic rings. The summed E-state index contributed by atoms with van der Waals surface area (Å²) >= 11 is 0. The minimum atomic E-state index is -3.74. The third-order valence-electron chi connectivity index (χ3n) is 4.46. The van der Waals surface area contributed by atoms with E-state index in [1.807, 2.05) is 38.1 Å². The monoisotopic (exact) mass is 425 g/mol. The minimum absolute atomic E-state index is 0.0147. The van der Waals surface area contributed by atoms with E-state index in [-0.39, 0.29) is 17.2 Å². The summed E-state index contributed by atoms with van der Waals surface area (Å²) < 4.78 is 28.4. The van der Waals surface area contributed by atoms with Crippen LogP contribution in [0.25, 0.3) is 0 Å². The molecule has 0 radical (unpaired) electrons. The summed E-state index contributed by atoms with van der Waals surface area (Å²) in [6.45, 7) is 4.30. The highest BCUT2D eigenvalue weighted by molar-refractivity contribution is 7.89. The van der Waals surface area contributed by atoms with Gasteiger partial charge in [0.2, 0.25) is 21.8 Å². The van der Waals surface area contributed by atoms with Crippen LogP contribution in [0.15, 0.2) is 65.7 Å². The number of hydrogen-bond donors (Lipinski definition) is 2. The van der Waals surface area contributed by atoms with Crippen molar-refractivity contribution in [3.63, 3.8) is 0 Å². The van der Waals surface area contributed by atoms with E-state index in [1.165, 1.54) is 12.1 Å². The van der Waals surface area contributed by atoms with Gasteiger partial charge in [-0.15, -0.1) is 0 Å². The smallest absolute Gasteiger partial charge is 0.238 e. The lowest BCUT2D eigenvalue weighted by molar-refractivity contribution is -0.120. The number of primary sulfonamides is 1. The Bertz CT molecular complexity index is 1140. The van der Waals surface area contributed by atoms with E-state index in [0.717, 1.165) is 22.4 Å². The van der Waals surface area contributed by atoms with Crippen molar-refractivity contribution in [2.24, 2.45) is 5.14 Å². The van der Waals surface area contributed by atoms with Crippen molar-refractivity contribution in [3.05, 3.63) is 83.0 Å². The summed E-state index contributed by atoms with van der Waals surface area (Å²) in [6, 6.07) is 15.5. The van der Waals surface area contributed by atoms with Gasteiger partial charge in [0.05, 0.1) is 11.3 Å². The second-order valence-corrected chi connectivity index (χ2v) is 8.58. The summed E-state index contributed by atoms with van der Waals surface area (Å²) in [5.74, 6) is 1.06. The molecule has 0 spiro atoms. The number of nitrogens with zero attached hydrogens (tertiary/aromatic N) is 1. The number of amides is 1. The van der Waals surface area contributed by atoms with Gasteiger partial charge in [-0.3, -0.25) is 4.79 Å². The average Bonchev–Trinajstić information content (AvgIpc) is 2.70. The number of nitrogens with one attached hydrogen (secondary N) is 1. The molecule has 3 aromatic rings. The first-order valence-electron chi connectivity index (χ1n) is 9.29. The summed E-state index contributed by atoms with van der Waals surface area (Å²) in [6.07, 6.45) is 1.79. The second-order valence-electron chi connectivity index (χ2n) is 7.02. The molecular weight excluding hydrogens is 402 g/mol. The molecule has 1 amide bonds. The Morgan fingerprint density at radius 1 is 1.03 bits per heavy atom. The molecular formula is C22H23N3O4S. The van der Waals surface area contributed by atoms with Gasteiger partial charge in [0.15, 0.2) is 0 Å². The Balaban J connectivity index is 1.53. The molecule has 3 rings (SSSR count). The molecule has 1 aromatic heterocycles. The zero-order valence-corrected chi connectivity index (χ0v) is 17.6. The fourth-order valence-corrected chi connectivity index (χ4v) is 3.27. The molecule has 0 bridgehead atoms. The Labute approximate surface area is 176 Å². The maximum atomic E-state index is 12.1. The standard InChI is InChI=1S/C22H23N3O4S/c1-15-3-4-16(2)20(11-15)29-22-10-7-18(14-25-22)13-24-21(26)12-17-5-8-19(9-6-17)30(23,27)28/h3-11,14H,12-13H2,1-2H3,(H,24,26)(H2,23,27,28). The summed E-state index contributed by atoms with van der Waals surface area (Å²) in [7, 11) is -3.74. The average molecular weight is 426 g/mol. The number of aromatic nitrogens is 1. The highest BCUT2D eigenvalue weighted by atomic mass is 32.2. The molecule has 0 aliphatic carbocycles. The molecule has 0 saturated carbocycles. The van der Waals surface area contributed by atoms with Gasteiger partial charge in [0.25, 0.3) is 0 Å². The lowest BCUT2D eigenvalue weighted by Gasteiger charge is -2.10. The Morgan fingerprint density at radius 2 is 1.73 bits per heavy atom. The lowest BCUT2D eigenvalue weighted by atomic mass is 10.1. The van der Waals surface area contributed by atoms with Crippen molar-refractivity contribution in [3.8, 4) is 11.6 Å². The van der Waals surface area contributed by atoms with E-state index in [1.54, 1.807) is 24.4 Å². The fraction of sp³-hybridized carbons (Fsp3) is 0.182. The number of sulfonamides is 1. The van der Waals surface area contributed by atoms with Gasteiger partial charge in [-0.2, -0.15) is 0 Å². The van der Waals surface area contributed by atoms with E-state index in [2.05, 4.69) is 10.3 Å². The molecule has 0 saturated heterocycles. The van der Waals surface area contributed by atoms with Gasteiger partial charge < -0.3 is 10.1 Å². The van der Waals surface area contributed by atoms with Crippen LogP contribution in [0.3, 0.4) is 0 Å². The van der Waals surface area contributed by atoms with Crippen LogP contribution in [-0.4, -0.2) is 19.3 Å². The number of hydrogen-bond acceptors (Lipinski definition) is 5. The van der Waals surface area contributed by atoms with Gasteiger partial charge in [-0.25, -0.2) is 18.5 Å². The number of carbonyl (C=O) groups is 1. The highest BCUT2D eigenvalue weighted by Gasteiger charge is 2.09. The number of ether oxygens (including phenoxy) is 1. The quantitative estimate of drug-likeness (QED) is 0.604. The summed E-state index contributed by atoms with van der Waals surface area (Å²) in [5, 5.41) is 7.88. The largest absolute Gasteiger partial charge is 0.439 e. The number of nitrogens with two attached hydrogens (primary N) is 1. The van der Waals surface area contributed by atoms with Crippen LogP contribution < -0.4 is 15.2 Å². The second kappa shape index (κ2) is 9.06. The van der Waals surface area contributed by atoms with Crippen LogP contribution in [0.2, 0.25) is 0 Å². The van der Waals surface area contributed by atoms with Crippen molar-refractivity contribution >= 4 is 15.9 Å². The predicted molar refractivity (Wildman–Crippen MR) is 114 cm³/mol. The number of rotatable bonds is 7. The number of benzene rings is 2. The van der Waals surface area contributed by atoms with E-state index < -0.39 is 10.0 Å². The molecule has 0 fully saturated rings. The van der Waals surface area contributed by atoms with Crippen molar-refractivity contribution in [2.45, 2.75) is 31.7 Å². The molecule has 2 aromatic carbocycles. The van der Waals surface area contributed by atoms with E-state index >= 15 is 0 Å². The molecule has 30 heavy (non-hydrogen) atoms. The highest BCUT2D eigenvalue weighted by Crippen LogP contribution is 2.24. The van der Waals surface area contributed by atoms with Crippen LogP contribution in [-0.2, 0) is 27.8 Å². The van der Waals surface area contributed by atoms with Crippen molar-refractivity contribution in [2.75, 3.05) is 0 Å². The van der Waals surface area contributed by atoms with Crippen LogP contribution in [0.4, 0.5) is 0 Å². The minimum Gasteiger partial charge on any atom is -0.439 e. The Hall–Kier alpha value is -3.23. The molecule has 0 aliphatic heterocycles. The molecule has 0 unspecified atom stereocenters.